The van der Waals surface area contributed by atoms with Gasteiger partial charge in [-0.05, 0) is 53.3 Å². The van der Waals surface area contributed by atoms with E-state index in [1.54, 1.807) is 0 Å². The lowest BCUT2D eigenvalue weighted by molar-refractivity contribution is 0.309. The zero-order valence-electron chi connectivity index (χ0n) is 10.1. The van der Waals surface area contributed by atoms with Gasteiger partial charge in [0.2, 0.25) is 0 Å². The summed E-state index contributed by atoms with van der Waals surface area (Å²) >= 11 is 2.13. The number of nitrogen functional groups attached to an aromatic ring is 1. The number of aromatic nitrogens is 1. The lowest BCUT2D eigenvalue weighted by Gasteiger charge is -2.05. The first kappa shape index (κ1) is 13.2. The van der Waals surface area contributed by atoms with Crippen LogP contribution in [0.1, 0.15) is 19.8 Å². The first-order valence-electron chi connectivity index (χ1n) is 5.86. The fourth-order valence-corrected chi connectivity index (χ4v) is 2.02. The highest BCUT2D eigenvalue weighted by molar-refractivity contribution is 14.1. The van der Waals surface area contributed by atoms with E-state index in [-0.39, 0.29) is 0 Å². The van der Waals surface area contributed by atoms with Crippen molar-refractivity contribution in [3.8, 4) is 17.1 Å². The van der Waals surface area contributed by atoms with E-state index in [1.165, 1.54) is 0 Å². The van der Waals surface area contributed by atoms with Gasteiger partial charge in [0.05, 0.1) is 6.61 Å². The van der Waals surface area contributed by atoms with Gasteiger partial charge in [0.25, 0.3) is 0 Å². The molecule has 0 aliphatic heterocycles. The van der Waals surface area contributed by atoms with E-state index < -0.39 is 0 Å². The van der Waals surface area contributed by atoms with Crippen molar-refractivity contribution in [2.75, 3.05) is 12.3 Å². The van der Waals surface area contributed by atoms with Crippen LogP contribution < -0.4 is 10.5 Å². The highest BCUT2D eigenvalue weighted by Crippen LogP contribution is 2.30. The zero-order valence-corrected chi connectivity index (χ0v) is 12.3. The van der Waals surface area contributed by atoms with Crippen molar-refractivity contribution in [2.24, 2.45) is 0 Å². The third-order valence-electron chi connectivity index (χ3n) is 2.54. The minimum absolute atomic E-state index is 0.425. The van der Waals surface area contributed by atoms with E-state index in [4.69, 9.17) is 15.0 Å². The van der Waals surface area contributed by atoms with Crippen molar-refractivity contribution >= 4 is 28.4 Å². The molecule has 1 aromatic carbocycles. The Bertz CT molecular complexity index is 508. The van der Waals surface area contributed by atoms with Gasteiger partial charge in [-0.3, -0.25) is 0 Å². The molecule has 96 valence electrons. The molecule has 0 radical (unpaired) electrons. The van der Waals surface area contributed by atoms with Crippen LogP contribution in [-0.2, 0) is 0 Å². The van der Waals surface area contributed by atoms with Crippen LogP contribution in [-0.4, -0.2) is 11.8 Å². The van der Waals surface area contributed by atoms with Crippen molar-refractivity contribution < 1.29 is 9.26 Å². The van der Waals surface area contributed by atoms with E-state index in [0.717, 1.165) is 34.3 Å². The number of hydrogen-bond donors (Lipinski definition) is 1. The normalized spacial score (nSPS) is 10.6. The van der Waals surface area contributed by atoms with Crippen LogP contribution in [0.15, 0.2) is 28.8 Å². The summed E-state index contributed by atoms with van der Waals surface area (Å²) in [5, 5.41) is 3.74. The molecular weight excluding hydrogens is 343 g/mol. The van der Waals surface area contributed by atoms with Crippen LogP contribution in [0.4, 0.5) is 5.82 Å². The summed E-state index contributed by atoms with van der Waals surface area (Å²) in [7, 11) is 0. The quantitative estimate of drug-likeness (QED) is 0.654. The van der Waals surface area contributed by atoms with Crippen molar-refractivity contribution in [3.63, 3.8) is 0 Å². The standard InChI is InChI=1S/C13H15IN2O2/c1-2-3-8-17-10-6-4-9(5-7-10)12-11(14)13(15)16-18-12/h4-7H,2-3,8H2,1H3,(H2,15,16). The molecule has 0 atom stereocenters. The molecule has 2 N–H and O–H groups in total. The van der Waals surface area contributed by atoms with E-state index in [2.05, 4.69) is 34.7 Å². The fourth-order valence-electron chi connectivity index (χ4n) is 1.51. The predicted octanol–water partition coefficient (Wildman–Crippen LogP) is 3.71. The largest absolute Gasteiger partial charge is 0.494 e. The molecule has 0 unspecified atom stereocenters. The molecule has 1 heterocycles. The Kier molecular flexibility index (Phi) is 4.46. The Balaban J connectivity index is 2.10. The van der Waals surface area contributed by atoms with Crippen molar-refractivity contribution in [3.05, 3.63) is 27.8 Å². The summed E-state index contributed by atoms with van der Waals surface area (Å²) < 4.78 is 11.6. The van der Waals surface area contributed by atoms with Gasteiger partial charge in [0, 0.05) is 5.56 Å². The number of hydrogen-bond acceptors (Lipinski definition) is 4. The van der Waals surface area contributed by atoms with E-state index in [1.807, 2.05) is 24.3 Å². The van der Waals surface area contributed by atoms with Crippen molar-refractivity contribution in [1.82, 2.24) is 5.16 Å². The van der Waals surface area contributed by atoms with Gasteiger partial charge in [0.1, 0.15) is 9.32 Å². The molecule has 0 amide bonds. The molecule has 0 fully saturated rings. The van der Waals surface area contributed by atoms with Crippen molar-refractivity contribution in [1.29, 1.82) is 0 Å². The van der Waals surface area contributed by atoms with Gasteiger partial charge in [0.15, 0.2) is 11.6 Å². The van der Waals surface area contributed by atoms with Crippen LogP contribution in [0.2, 0.25) is 0 Å². The number of rotatable bonds is 5. The summed E-state index contributed by atoms with van der Waals surface area (Å²) in [6, 6.07) is 7.76. The summed E-state index contributed by atoms with van der Waals surface area (Å²) in [5.41, 5.74) is 6.60. The molecule has 0 aliphatic rings. The number of anilines is 1. The maximum absolute atomic E-state index is 5.65. The Morgan fingerprint density at radius 1 is 1.33 bits per heavy atom. The van der Waals surface area contributed by atoms with Gasteiger partial charge >= 0.3 is 0 Å². The second kappa shape index (κ2) is 6.08. The van der Waals surface area contributed by atoms with Gasteiger partial charge in [-0.15, -0.1) is 0 Å². The van der Waals surface area contributed by atoms with E-state index >= 15 is 0 Å². The van der Waals surface area contributed by atoms with Gasteiger partial charge in [-0.1, -0.05) is 18.5 Å². The maximum Gasteiger partial charge on any atom is 0.182 e. The lowest BCUT2D eigenvalue weighted by Crippen LogP contribution is -1.95. The van der Waals surface area contributed by atoms with Gasteiger partial charge in [-0.25, -0.2) is 0 Å². The Morgan fingerprint density at radius 2 is 2.06 bits per heavy atom. The Labute approximate surface area is 120 Å². The number of unbranched alkanes of at least 4 members (excludes halogenated alkanes) is 1. The topological polar surface area (TPSA) is 61.3 Å². The van der Waals surface area contributed by atoms with Crippen LogP contribution in [0.25, 0.3) is 11.3 Å². The summed E-state index contributed by atoms with van der Waals surface area (Å²) in [5.74, 6) is 2.00. The molecule has 0 bridgehead atoms. The van der Waals surface area contributed by atoms with Crippen LogP contribution in [0, 0.1) is 3.57 Å². The van der Waals surface area contributed by atoms with E-state index in [9.17, 15) is 0 Å². The second-order valence-corrected chi connectivity index (χ2v) is 5.02. The molecular formula is C13H15IN2O2. The van der Waals surface area contributed by atoms with Gasteiger partial charge < -0.3 is 15.0 Å². The average Bonchev–Trinajstić information content (AvgIpc) is 2.72. The highest BCUT2D eigenvalue weighted by atomic mass is 127. The monoisotopic (exact) mass is 358 g/mol. The third kappa shape index (κ3) is 2.95. The smallest absolute Gasteiger partial charge is 0.182 e. The minimum atomic E-state index is 0.425. The maximum atomic E-state index is 5.65. The number of benzene rings is 1. The van der Waals surface area contributed by atoms with Crippen LogP contribution in [0.3, 0.4) is 0 Å². The molecule has 2 aromatic rings. The SMILES string of the molecule is CCCCOc1ccc(-c2onc(N)c2I)cc1. The molecule has 0 saturated carbocycles. The Morgan fingerprint density at radius 3 is 2.61 bits per heavy atom. The van der Waals surface area contributed by atoms with Gasteiger partial charge in [-0.2, -0.15) is 0 Å². The summed E-state index contributed by atoms with van der Waals surface area (Å²) in [6.07, 6.45) is 2.20. The summed E-state index contributed by atoms with van der Waals surface area (Å²) in [6.45, 7) is 2.89. The predicted molar refractivity (Wildman–Crippen MR) is 79.5 cm³/mol. The van der Waals surface area contributed by atoms with E-state index in [0.29, 0.717) is 11.6 Å². The number of halogens is 1. The molecule has 0 aliphatic carbocycles. The highest BCUT2D eigenvalue weighted by Gasteiger charge is 2.12. The fraction of sp³-hybridized carbons (Fsp3) is 0.308. The summed E-state index contributed by atoms with van der Waals surface area (Å²) in [4.78, 5) is 0. The first-order chi connectivity index (χ1) is 8.72. The Hall–Kier alpha value is -1.24. The molecule has 0 spiro atoms. The van der Waals surface area contributed by atoms with Crippen LogP contribution >= 0.6 is 22.6 Å². The number of ether oxygens (including phenoxy) is 1. The minimum Gasteiger partial charge on any atom is -0.494 e. The third-order valence-corrected chi connectivity index (χ3v) is 3.59. The second-order valence-electron chi connectivity index (χ2n) is 3.94. The molecule has 4 nitrogen and oxygen atoms in total. The molecule has 0 saturated heterocycles. The molecule has 1 aromatic heterocycles. The number of nitrogens with zero attached hydrogens (tertiary/aromatic N) is 1. The number of nitrogens with two attached hydrogens (primary N) is 1. The zero-order chi connectivity index (χ0) is 13.0. The average molecular weight is 358 g/mol. The van der Waals surface area contributed by atoms with Crippen molar-refractivity contribution in [2.45, 2.75) is 19.8 Å². The van der Waals surface area contributed by atoms with Crippen LogP contribution in [0.5, 0.6) is 5.75 Å². The first-order valence-corrected chi connectivity index (χ1v) is 6.94. The molecule has 5 heteroatoms. The molecule has 18 heavy (non-hydrogen) atoms. The lowest BCUT2D eigenvalue weighted by atomic mass is 10.1. The molecule has 2 rings (SSSR count).